The Morgan fingerprint density at radius 2 is 2.03 bits per heavy atom. The van der Waals surface area contributed by atoms with Gasteiger partial charge in [0, 0.05) is 30.0 Å². The van der Waals surface area contributed by atoms with Crippen LogP contribution in [-0.4, -0.2) is 34.0 Å². The van der Waals surface area contributed by atoms with E-state index in [4.69, 9.17) is 4.74 Å². The van der Waals surface area contributed by atoms with Crippen molar-refractivity contribution in [3.05, 3.63) is 62.9 Å². The second-order valence-electron chi connectivity index (χ2n) is 6.58. The van der Waals surface area contributed by atoms with E-state index in [1.54, 1.807) is 42.1 Å². The first kappa shape index (κ1) is 22.0. The lowest BCUT2D eigenvalue weighted by Crippen LogP contribution is -2.18. The van der Waals surface area contributed by atoms with E-state index in [1.807, 2.05) is 10.8 Å². The molecule has 3 aromatic rings. The molecule has 158 valence electrons. The Labute approximate surface area is 182 Å². The molecule has 0 saturated carbocycles. The van der Waals surface area contributed by atoms with Crippen LogP contribution in [0.2, 0.25) is 0 Å². The van der Waals surface area contributed by atoms with E-state index < -0.39 is 4.92 Å². The summed E-state index contributed by atoms with van der Waals surface area (Å²) in [5.74, 6) is 1.21. The van der Waals surface area contributed by atoms with Crippen molar-refractivity contribution in [2.45, 2.75) is 26.3 Å². The summed E-state index contributed by atoms with van der Waals surface area (Å²) in [5, 5.41) is 11.1. The van der Waals surface area contributed by atoms with Gasteiger partial charge < -0.3 is 9.30 Å². The molecule has 0 radical (unpaired) electrons. The van der Waals surface area contributed by atoms with Gasteiger partial charge in [0.15, 0.2) is 4.80 Å². The fraction of sp³-hybridized carbons (Fsp3) is 0.333. The molecule has 0 aliphatic rings. The van der Waals surface area contributed by atoms with Gasteiger partial charge in [-0.15, -0.1) is 0 Å². The van der Waals surface area contributed by atoms with Crippen LogP contribution in [0, 0.1) is 10.1 Å². The molecule has 7 nitrogen and oxygen atoms in total. The van der Waals surface area contributed by atoms with E-state index in [2.05, 4.69) is 11.9 Å². The highest BCUT2D eigenvalue weighted by molar-refractivity contribution is 7.98. The van der Waals surface area contributed by atoms with Gasteiger partial charge in [-0.2, -0.15) is 16.8 Å². The van der Waals surface area contributed by atoms with E-state index >= 15 is 0 Å². The summed E-state index contributed by atoms with van der Waals surface area (Å²) in [7, 11) is 0. The normalized spacial score (nSPS) is 11.7. The van der Waals surface area contributed by atoms with Crippen LogP contribution in [0.5, 0.6) is 5.75 Å². The monoisotopic (exact) mass is 445 g/mol. The van der Waals surface area contributed by atoms with Crippen LogP contribution in [0.3, 0.4) is 0 Å². The molecule has 0 atom stereocenters. The number of hydrogen-bond acceptors (Lipinski definition) is 6. The fourth-order valence-electron chi connectivity index (χ4n) is 2.84. The molecule has 0 spiro atoms. The molecule has 0 saturated heterocycles. The number of amides is 1. The number of carbonyl (C=O) groups excluding carboxylic acids is 1. The lowest BCUT2D eigenvalue weighted by Gasteiger charge is -2.05. The first-order valence-corrected chi connectivity index (χ1v) is 11.8. The van der Waals surface area contributed by atoms with Gasteiger partial charge in [-0.05, 0) is 43.0 Å². The van der Waals surface area contributed by atoms with E-state index in [0.717, 1.165) is 34.6 Å². The van der Waals surface area contributed by atoms with E-state index in [9.17, 15) is 14.9 Å². The molecule has 0 fully saturated rings. The molecule has 1 amide bonds. The van der Waals surface area contributed by atoms with Crippen LogP contribution < -0.4 is 9.54 Å². The number of thiazole rings is 1. The van der Waals surface area contributed by atoms with Crippen molar-refractivity contribution in [1.29, 1.82) is 0 Å². The Morgan fingerprint density at radius 3 is 2.70 bits per heavy atom. The molecule has 0 aliphatic heterocycles. The van der Waals surface area contributed by atoms with Crippen LogP contribution in [0.4, 0.5) is 5.69 Å². The highest BCUT2D eigenvalue weighted by atomic mass is 32.2. The van der Waals surface area contributed by atoms with Crippen molar-refractivity contribution in [2.24, 2.45) is 4.99 Å². The Balaban J connectivity index is 1.93. The third-order valence-electron chi connectivity index (χ3n) is 4.46. The molecule has 0 bridgehead atoms. The summed E-state index contributed by atoms with van der Waals surface area (Å²) in [6.07, 6.45) is 4.05. The minimum atomic E-state index is -0.419. The highest BCUT2D eigenvalue weighted by Gasteiger charge is 2.13. The number of rotatable bonds is 9. The summed E-state index contributed by atoms with van der Waals surface area (Å²) in [6, 6.07) is 11.7. The minimum Gasteiger partial charge on any atom is -0.494 e. The lowest BCUT2D eigenvalue weighted by atomic mass is 10.2. The Morgan fingerprint density at radius 1 is 1.27 bits per heavy atom. The Hall–Kier alpha value is -2.65. The number of fused-ring (bicyclic) bond motifs is 1. The predicted molar refractivity (Wildman–Crippen MR) is 122 cm³/mol. The van der Waals surface area contributed by atoms with Gasteiger partial charge in [-0.3, -0.25) is 14.9 Å². The number of hydrogen-bond donors (Lipinski definition) is 0. The fourth-order valence-corrected chi connectivity index (χ4v) is 4.29. The van der Waals surface area contributed by atoms with Crippen molar-refractivity contribution >= 4 is 44.9 Å². The first-order valence-electron chi connectivity index (χ1n) is 9.62. The molecule has 1 aromatic heterocycles. The highest BCUT2D eigenvalue weighted by Crippen LogP contribution is 2.23. The van der Waals surface area contributed by atoms with Gasteiger partial charge in [0.25, 0.3) is 11.6 Å². The number of nitrogens with zero attached hydrogens (tertiary/aromatic N) is 3. The van der Waals surface area contributed by atoms with Gasteiger partial charge in [-0.25, -0.2) is 0 Å². The first-order chi connectivity index (χ1) is 14.5. The average Bonchev–Trinajstić information content (AvgIpc) is 3.08. The zero-order valence-electron chi connectivity index (χ0n) is 16.9. The summed E-state index contributed by atoms with van der Waals surface area (Å²) in [5.41, 5.74) is 1.33. The van der Waals surface area contributed by atoms with E-state index in [1.165, 1.54) is 23.5 Å². The summed E-state index contributed by atoms with van der Waals surface area (Å²) < 4.78 is 8.31. The number of ether oxygens (including phenoxy) is 1. The number of thioether (sulfide) groups is 1. The molecule has 3 rings (SSSR count). The number of aryl methyl sites for hydroxylation is 1. The van der Waals surface area contributed by atoms with Gasteiger partial charge in [-0.1, -0.05) is 24.7 Å². The number of carbonyl (C=O) groups is 1. The average molecular weight is 446 g/mol. The predicted octanol–water partition coefficient (Wildman–Crippen LogP) is 4.89. The topological polar surface area (TPSA) is 86.7 Å². The summed E-state index contributed by atoms with van der Waals surface area (Å²) in [6.45, 7) is 3.41. The number of nitro groups is 1. The Kier molecular flexibility index (Phi) is 7.64. The molecule has 2 aromatic carbocycles. The SMILES string of the molecule is CCCCOc1ccc(C(=O)N=c2sc3cc([N+](=O)[O-])ccc3n2CCSC)cc1. The molecule has 0 aliphatic carbocycles. The minimum absolute atomic E-state index is 0.0253. The number of nitro benzene ring substituents is 1. The van der Waals surface area contributed by atoms with Crippen LogP contribution >= 0.6 is 23.1 Å². The third kappa shape index (κ3) is 5.28. The van der Waals surface area contributed by atoms with E-state index in [-0.39, 0.29) is 11.6 Å². The summed E-state index contributed by atoms with van der Waals surface area (Å²) >= 11 is 2.97. The second kappa shape index (κ2) is 10.4. The lowest BCUT2D eigenvalue weighted by molar-refractivity contribution is -0.384. The molecule has 9 heteroatoms. The van der Waals surface area contributed by atoms with Crippen LogP contribution in [0.15, 0.2) is 47.5 Å². The largest absolute Gasteiger partial charge is 0.494 e. The molecular weight excluding hydrogens is 422 g/mol. The van der Waals surface area contributed by atoms with Crippen molar-refractivity contribution in [2.75, 3.05) is 18.6 Å². The summed E-state index contributed by atoms with van der Waals surface area (Å²) in [4.78, 5) is 28.3. The van der Waals surface area contributed by atoms with Gasteiger partial charge in [0.05, 0.1) is 21.7 Å². The number of non-ortho nitro benzene ring substituents is 1. The third-order valence-corrected chi connectivity index (χ3v) is 6.09. The smallest absolute Gasteiger partial charge is 0.279 e. The van der Waals surface area contributed by atoms with Gasteiger partial charge in [0.2, 0.25) is 0 Å². The molecule has 0 N–H and O–H groups in total. The molecular formula is C21H23N3O4S2. The maximum atomic E-state index is 12.7. The molecule has 1 heterocycles. The molecule has 30 heavy (non-hydrogen) atoms. The standard InChI is InChI=1S/C21H23N3O4S2/c1-3-4-12-28-17-8-5-15(6-9-17)20(25)22-21-23(11-13-29-2)18-10-7-16(24(26)27)14-19(18)30-21/h5-10,14H,3-4,11-13H2,1-2H3. The van der Waals surface area contributed by atoms with Crippen LogP contribution in [0.25, 0.3) is 10.2 Å². The maximum absolute atomic E-state index is 12.7. The quantitative estimate of drug-likeness (QED) is 0.266. The number of unbranched alkanes of at least 4 members (excludes halogenated alkanes) is 1. The van der Waals surface area contributed by atoms with E-state index in [0.29, 0.717) is 23.5 Å². The van der Waals surface area contributed by atoms with Gasteiger partial charge >= 0.3 is 0 Å². The van der Waals surface area contributed by atoms with Crippen molar-refractivity contribution in [3.8, 4) is 5.75 Å². The van der Waals surface area contributed by atoms with Gasteiger partial charge in [0.1, 0.15) is 5.75 Å². The van der Waals surface area contributed by atoms with Crippen LogP contribution in [-0.2, 0) is 6.54 Å². The maximum Gasteiger partial charge on any atom is 0.279 e. The van der Waals surface area contributed by atoms with Crippen molar-refractivity contribution < 1.29 is 14.5 Å². The van der Waals surface area contributed by atoms with Crippen molar-refractivity contribution in [1.82, 2.24) is 4.57 Å². The van der Waals surface area contributed by atoms with Crippen molar-refractivity contribution in [3.63, 3.8) is 0 Å². The zero-order valence-corrected chi connectivity index (χ0v) is 18.5. The zero-order chi connectivity index (χ0) is 21.5. The Bertz CT molecular complexity index is 1100. The molecule has 0 unspecified atom stereocenters. The second-order valence-corrected chi connectivity index (χ2v) is 8.58. The number of benzene rings is 2. The van der Waals surface area contributed by atoms with Crippen LogP contribution in [0.1, 0.15) is 30.1 Å². The number of aromatic nitrogens is 1.